The van der Waals surface area contributed by atoms with Gasteiger partial charge in [-0.05, 0) is 47.4 Å². The lowest BCUT2D eigenvalue weighted by atomic mass is 9.98. The van der Waals surface area contributed by atoms with Crippen molar-refractivity contribution >= 4 is 18.0 Å². The lowest BCUT2D eigenvalue weighted by Crippen LogP contribution is -2.61. The number of likely N-dealkylation sites (tertiary alicyclic amines) is 1. The minimum absolute atomic E-state index is 0.0218. The van der Waals surface area contributed by atoms with Gasteiger partial charge in [0.15, 0.2) is 0 Å². The zero-order chi connectivity index (χ0) is 24.7. The predicted octanol–water partition coefficient (Wildman–Crippen LogP) is 3.11. The summed E-state index contributed by atoms with van der Waals surface area (Å²) in [6.07, 6.45) is -0.0361. The molecule has 1 heterocycles. The van der Waals surface area contributed by atoms with Crippen LogP contribution < -0.4 is 5.32 Å². The Kier molecular flexibility index (Phi) is 6.01. The van der Waals surface area contributed by atoms with E-state index in [1.807, 2.05) is 36.4 Å². The molecule has 2 unspecified atom stereocenters. The molecule has 2 aliphatic carbocycles. The summed E-state index contributed by atoms with van der Waals surface area (Å²) in [5.41, 5.74) is 3.17. The topological polar surface area (TPSA) is 105 Å². The van der Waals surface area contributed by atoms with Crippen molar-refractivity contribution in [3.8, 4) is 11.1 Å². The van der Waals surface area contributed by atoms with Gasteiger partial charge in [-0.25, -0.2) is 4.79 Å². The van der Waals surface area contributed by atoms with Crippen LogP contribution >= 0.6 is 0 Å². The van der Waals surface area contributed by atoms with E-state index in [-0.39, 0.29) is 42.8 Å². The molecule has 8 heteroatoms. The monoisotopic (exact) mass is 478 g/mol. The average Bonchev–Trinajstić information content (AvgIpc) is 3.49. The number of fused-ring (bicyclic) bond motifs is 4. The quantitative estimate of drug-likeness (QED) is 0.634. The maximum atomic E-state index is 13.4. The van der Waals surface area contributed by atoms with Gasteiger partial charge in [-0.2, -0.15) is 0 Å². The average molecular weight is 479 g/mol. The second-order valence-corrected chi connectivity index (χ2v) is 9.95. The number of hydrogen-bond donors (Lipinski definition) is 2. The summed E-state index contributed by atoms with van der Waals surface area (Å²) in [6.45, 7) is 2.59. The molecule has 0 bridgehead atoms. The predicted molar refractivity (Wildman–Crippen MR) is 128 cm³/mol. The zero-order valence-electron chi connectivity index (χ0n) is 19.9. The van der Waals surface area contributed by atoms with Gasteiger partial charge < -0.3 is 24.8 Å². The SMILES string of the molecule is COCC(C)(NC(=O)OCC1c2ccccc2-c2ccccc21)C(=O)N1CC[C@@H]2C(C(=O)O)[C@@H]2C1. The van der Waals surface area contributed by atoms with Crippen molar-refractivity contribution < 1.29 is 29.0 Å². The summed E-state index contributed by atoms with van der Waals surface area (Å²) in [4.78, 5) is 39.3. The summed E-state index contributed by atoms with van der Waals surface area (Å²) >= 11 is 0. The minimum Gasteiger partial charge on any atom is -0.481 e. The maximum absolute atomic E-state index is 13.4. The highest BCUT2D eigenvalue weighted by Gasteiger charge is 2.58. The maximum Gasteiger partial charge on any atom is 0.408 e. The molecule has 1 aliphatic heterocycles. The van der Waals surface area contributed by atoms with E-state index in [4.69, 9.17) is 9.47 Å². The smallest absolute Gasteiger partial charge is 0.408 e. The van der Waals surface area contributed by atoms with Crippen LogP contribution in [0.25, 0.3) is 11.1 Å². The van der Waals surface area contributed by atoms with Gasteiger partial charge >= 0.3 is 12.1 Å². The van der Waals surface area contributed by atoms with Crippen LogP contribution in [0.4, 0.5) is 4.79 Å². The number of ether oxygens (including phenoxy) is 2. The van der Waals surface area contributed by atoms with E-state index in [1.165, 1.54) is 7.11 Å². The van der Waals surface area contributed by atoms with Crippen LogP contribution in [0.3, 0.4) is 0 Å². The number of amides is 2. The number of piperidine rings is 1. The summed E-state index contributed by atoms with van der Waals surface area (Å²) < 4.78 is 10.9. The number of alkyl carbamates (subject to hydrolysis) is 1. The molecule has 5 rings (SSSR count). The van der Waals surface area contributed by atoms with Crippen molar-refractivity contribution in [3.63, 3.8) is 0 Å². The summed E-state index contributed by atoms with van der Waals surface area (Å²) in [5, 5.41) is 12.1. The minimum atomic E-state index is -1.32. The standard InChI is InChI=1S/C27H30N2O6/c1-27(15-34-2,25(32)29-12-11-20-21(13-29)23(20)24(30)31)28-26(33)35-14-22-18-9-5-3-7-16(18)17-8-4-6-10-19(17)22/h3-10,20-23H,11-15H2,1-2H3,(H,28,33)(H,30,31)/t20-,21+,23?,27?/m0/s1. The van der Waals surface area contributed by atoms with Crippen molar-refractivity contribution in [1.82, 2.24) is 10.2 Å². The Morgan fingerprint density at radius 2 is 1.69 bits per heavy atom. The van der Waals surface area contributed by atoms with Gasteiger partial charge in [-0.1, -0.05) is 48.5 Å². The van der Waals surface area contributed by atoms with E-state index in [0.717, 1.165) is 22.3 Å². The number of aliphatic carboxylic acids is 1. The van der Waals surface area contributed by atoms with E-state index in [9.17, 15) is 19.5 Å². The van der Waals surface area contributed by atoms with Crippen LogP contribution in [0, 0.1) is 17.8 Å². The molecule has 1 saturated heterocycles. The number of benzene rings is 2. The van der Waals surface area contributed by atoms with E-state index < -0.39 is 17.6 Å². The Morgan fingerprint density at radius 1 is 1.06 bits per heavy atom. The zero-order valence-corrected chi connectivity index (χ0v) is 19.9. The van der Waals surface area contributed by atoms with Crippen molar-refractivity contribution in [2.24, 2.45) is 17.8 Å². The van der Waals surface area contributed by atoms with Crippen LogP contribution in [-0.4, -0.2) is 66.9 Å². The third kappa shape index (κ3) is 4.16. The number of carboxylic acids is 1. The van der Waals surface area contributed by atoms with Crippen molar-refractivity contribution in [1.29, 1.82) is 0 Å². The molecule has 0 aromatic heterocycles. The molecule has 35 heavy (non-hydrogen) atoms. The van der Waals surface area contributed by atoms with E-state index >= 15 is 0 Å². The fourth-order valence-corrected chi connectivity index (χ4v) is 5.94. The molecule has 4 atom stereocenters. The van der Waals surface area contributed by atoms with Crippen LogP contribution in [0.15, 0.2) is 48.5 Å². The number of carboxylic acid groups (broad SMARTS) is 1. The molecule has 2 aromatic carbocycles. The molecule has 0 spiro atoms. The molecule has 8 nitrogen and oxygen atoms in total. The molecular weight excluding hydrogens is 448 g/mol. The normalized spacial score (nSPS) is 23.9. The highest BCUT2D eigenvalue weighted by Crippen LogP contribution is 2.52. The largest absolute Gasteiger partial charge is 0.481 e. The van der Waals surface area contributed by atoms with Crippen molar-refractivity contribution in [3.05, 3.63) is 59.7 Å². The fourth-order valence-electron chi connectivity index (χ4n) is 5.94. The first-order chi connectivity index (χ1) is 16.8. The van der Waals surface area contributed by atoms with Crippen molar-refractivity contribution in [2.75, 3.05) is 33.4 Å². The van der Waals surface area contributed by atoms with Crippen LogP contribution in [0.2, 0.25) is 0 Å². The third-order valence-electron chi connectivity index (χ3n) is 7.69. The molecule has 184 valence electrons. The van der Waals surface area contributed by atoms with Gasteiger partial charge in [0.2, 0.25) is 0 Å². The first-order valence-corrected chi connectivity index (χ1v) is 12.0. The van der Waals surface area contributed by atoms with Crippen LogP contribution in [0.5, 0.6) is 0 Å². The lowest BCUT2D eigenvalue weighted by Gasteiger charge is -2.36. The lowest BCUT2D eigenvalue weighted by molar-refractivity contribution is -0.141. The van der Waals surface area contributed by atoms with Gasteiger partial charge in [0.1, 0.15) is 12.1 Å². The number of hydrogen-bond acceptors (Lipinski definition) is 5. The highest BCUT2D eigenvalue weighted by molar-refractivity contribution is 5.90. The van der Waals surface area contributed by atoms with Crippen LogP contribution in [-0.2, 0) is 19.1 Å². The Morgan fingerprint density at radius 3 is 2.29 bits per heavy atom. The Balaban J connectivity index is 1.25. The molecule has 2 aromatic rings. The molecule has 2 N–H and O–H groups in total. The highest BCUT2D eigenvalue weighted by atomic mass is 16.5. The Hall–Kier alpha value is -3.39. The molecule has 0 radical (unpaired) electrons. The number of nitrogens with zero attached hydrogens (tertiary/aromatic N) is 1. The first-order valence-electron chi connectivity index (χ1n) is 12.0. The second kappa shape index (κ2) is 9.00. The molecule has 1 saturated carbocycles. The van der Waals surface area contributed by atoms with Gasteiger partial charge in [0.25, 0.3) is 5.91 Å². The summed E-state index contributed by atoms with van der Waals surface area (Å²) in [5.74, 6) is -1.43. The molecule has 2 fully saturated rings. The molecule has 3 aliphatic rings. The number of methoxy groups -OCH3 is 1. The van der Waals surface area contributed by atoms with E-state index in [1.54, 1.807) is 11.8 Å². The summed E-state index contributed by atoms with van der Waals surface area (Å²) in [7, 11) is 1.47. The summed E-state index contributed by atoms with van der Waals surface area (Å²) in [6, 6.07) is 16.2. The number of carbonyl (C=O) groups excluding carboxylic acids is 2. The van der Waals surface area contributed by atoms with Crippen molar-refractivity contribution in [2.45, 2.75) is 24.8 Å². The van der Waals surface area contributed by atoms with E-state index in [0.29, 0.717) is 19.5 Å². The third-order valence-corrected chi connectivity index (χ3v) is 7.69. The first kappa shape index (κ1) is 23.4. The Bertz CT molecular complexity index is 1120. The van der Waals surface area contributed by atoms with Gasteiger partial charge in [-0.15, -0.1) is 0 Å². The Labute approximate surface area is 204 Å². The van der Waals surface area contributed by atoms with Crippen LogP contribution in [0.1, 0.15) is 30.4 Å². The molecule has 2 amide bonds. The fraction of sp³-hybridized carbons (Fsp3) is 0.444. The van der Waals surface area contributed by atoms with Gasteiger partial charge in [-0.3, -0.25) is 9.59 Å². The second-order valence-electron chi connectivity index (χ2n) is 9.95. The van der Waals surface area contributed by atoms with E-state index in [2.05, 4.69) is 17.4 Å². The number of rotatable bonds is 7. The van der Waals surface area contributed by atoms with Gasteiger partial charge in [0.05, 0.1) is 12.5 Å². The van der Waals surface area contributed by atoms with Gasteiger partial charge in [0, 0.05) is 26.1 Å². The number of carbonyl (C=O) groups is 3. The number of nitrogens with one attached hydrogen (secondary N) is 1. The molecular formula is C27H30N2O6.